The van der Waals surface area contributed by atoms with Crippen LogP contribution in [0.3, 0.4) is 0 Å². The molecule has 0 heterocycles. The van der Waals surface area contributed by atoms with Gasteiger partial charge in [0, 0.05) is 0 Å². The highest BCUT2D eigenvalue weighted by Crippen LogP contribution is 2.43. The topological polar surface area (TPSA) is 20.2 Å². The van der Waals surface area contributed by atoms with Crippen molar-refractivity contribution in [2.24, 2.45) is 0 Å². The minimum absolute atomic E-state index is 0.0416. The Morgan fingerprint density at radius 1 is 0.605 bits per heavy atom. The standard InChI is InChI=1S/C31H30F6O/c1-2-3-4-5-20-12-15-23(29(35)26(20)32)18-6-8-19(9-7-18)24-16-13-21(27(33)30(24)36)10-11-22-14-17-25(38)31(37)28(22)34/h2-3,12-19,38H,4-11H2,1H3/b3-2+. The first-order valence-electron chi connectivity index (χ1n) is 12.9. The van der Waals surface area contributed by atoms with Crippen LogP contribution in [0.2, 0.25) is 0 Å². The molecule has 0 saturated heterocycles. The van der Waals surface area contributed by atoms with Crippen molar-refractivity contribution in [2.45, 2.75) is 70.1 Å². The third-order valence-electron chi connectivity index (χ3n) is 7.61. The van der Waals surface area contributed by atoms with Crippen molar-refractivity contribution in [1.29, 1.82) is 0 Å². The summed E-state index contributed by atoms with van der Waals surface area (Å²) in [7, 11) is 0. The van der Waals surface area contributed by atoms with Crippen LogP contribution in [0.15, 0.2) is 48.6 Å². The maximum atomic E-state index is 15.0. The predicted octanol–water partition coefficient (Wildman–Crippen LogP) is 8.96. The molecule has 0 bridgehead atoms. The molecule has 0 radical (unpaired) electrons. The van der Waals surface area contributed by atoms with Gasteiger partial charge < -0.3 is 5.11 Å². The van der Waals surface area contributed by atoms with Gasteiger partial charge >= 0.3 is 0 Å². The Kier molecular flexibility index (Phi) is 8.85. The van der Waals surface area contributed by atoms with Crippen molar-refractivity contribution < 1.29 is 31.4 Å². The van der Waals surface area contributed by atoms with E-state index >= 15 is 4.39 Å². The number of aryl methyl sites for hydroxylation is 3. The van der Waals surface area contributed by atoms with Gasteiger partial charge in [0.25, 0.3) is 0 Å². The Morgan fingerprint density at radius 2 is 1.03 bits per heavy atom. The number of hydrogen-bond donors (Lipinski definition) is 1. The highest BCUT2D eigenvalue weighted by molar-refractivity contribution is 5.34. The molecule has 0 atom stereocenters. The summed E-state index contributed by atoms with van der Waals surface area (Å²) in [6.07, 6.45) is 6.74. The maximum Gasteiger partial charge on any atom is 0.200 e. The predicted molar refractivity (Wildman–Crippen MR) is 135 cm³/mol. The average Bonchev–Trinajstić information content (AvgIpc) is 2.92. The monoisotopic (exact) mass is 532 g/mol. The molecule has 0 spiro atoms. The lowest BCUT2D eigenvalue weighted by molar-refractivity contribution is 0.369. The fourth-order valence-electron chi connectivity index (χ4n) is 5.39. The largest absolute Gasteiger partial charge is 0.505 e. The Hall–Kier alpha value is -3.22. The van der Waals surface area contributed by atoms with E-state index < -0.39 is 40.7 Å². The van der Waals surface area contributed by atoms with E-state index in [1.165, 1.54) is 18.2 Å². The molecule has 1 nitrogen and oxygen atoms in total. The van der Waals surface area contributed by atoms with Crippen molar-refractivity contribution in [3.63, 3.8) is 0 Å². The lowest BCUT2D eigenvalue weighted by atomic mass is 9.75. The molecule has 202 valence electrons. The first kappa shape index (κ1) is 27.8. The number of allylic oxidation sites excluding steroid dienone is 2. The van der Waals surface area contributed by atoms with Crippen molar-refractivity contribution in [3.05, 3.63) is 111 Å². The lowest BCUT2D eigenvalue weighted by Crippen LogP contribution is -2.16. The molecular weight excluding hydrogens is 502 g/mol. The van der Waals surface area contributed by atoms with Crippen LogP contribution in [-0.4, -0.2) is 5.11 Å². The summed E-state index contributed by atoms with van der Waals surface area (Å²) in [6.45, 7) is 1.87. The average molecular weight is 533 g/mol. The van der Waals surface area contributed by atoms with Crippen LogP contribution in [0.1, 0.15) is 78.7 Å². The quantitative estimate of drug-likeness (QED) is 0.227. The van der Waals surface area contributed by atoms with Gasteiger partial charge in [0.2, 0.25) is 5.82 Å². The third-order valence-corrected chi connectivity index (χ3v) is 7.61. The van der Waals surface area contributed by atoms with Gasteiger partial charge in [-0.05, 0) is 104 Å². The molecule has 1 aliphatic rings. The number of benzene rings is 3. The first-order valence-corrected chi connectivity index (χ1v) is 12.9. The Balaban J connectivity index is 1.41. The van der Waals surface area contributed by atoms with Crippen LogP contribution in [0.4, 0.5) is 26.3 Å². The molecule has 0 aliphatic heterocycles. The molecule has 3 aromatic carbocycles. The number of phenolic OH excluding ortho intramolecular Hbond substituents is 1. The Bertz CT molecular complexity index is 1320. The summed E-state index contributed by atoms with van der Waals surface area (Å²) >= 11 is 0. The van der Waals surface area contributed by atoms with Crippen LogP contribution < -0.4 is 0 Å². The maximum absolute atomic E-state index is 15.0. The second kappa shape index (κ2) is 12.1. The van der Waals surface area contributed by atoms with Crippen molar-refractivity contribution in [3.8, 4) is 5.75 Å². The smallest absolute Gasteiger partial charge is 0.200 e. The minimum atomic E-state index is -1.37. The number of hydrogen-bond acceptors (Lipinski definition) is 1. The second-order valence-electron chi connectivity index (χ2n) is 9.91. The zero-order valence-corrected chi connectivity index (χ0v) is 21.1. The SMILES string of the molecule is C/C=C/CCc1ccc(C2CCC(c3ccc(CCc4ccc(O)c(F)c4F)c(F)c3F)CC2)c(F)c1F. The van der Waals surface area contributed by atoms with Crippen LogP contribution >= 0.6 is 0 Å². The van der Waals surface area contributed by atoms with Gasteiger partial charge in [-0.2, -0.15) is 4.39 Å². The fraction of sp³-hybridized carbons (Fsp3) is 0.355. The summed E-state index contributed by atoms with van der Waals surface area (Å²) in [5.74, 6) is -7.47. The highest BCUT2D eigenvalue weighted by Gasteiger charge is 2.29. The molecule has 3 aromatic rings. The van der Waals surface area contributed by atoms with E-state index in [2.05, 4.69) is 0 Å². The summed E-state index contributed by atoms with van der Waals surface area (Å²) in [4.78, 5) is 0. The molecule has 1 N–H and O–H groups in total. The summed E-state index contributed by atoms with van der Waals surface area (Å²) in [5, 5.41) is 9.24. The molecule has 0 aromatic heterocycles. The minimum Gasteiger partial charge on any atom is -0.505 e. The van der Waals surface area contributed by atoms with E-state index in [-0.39, 0.29) is 41.4 Å². The number of halogens is 6. The van der Waals surface area contributed by atoms with E-state index in [0.29, 0.717) is 49.7 Å². The highest BCUT2D eigenvalue weighted by atomic mass is 19.2. The van der Waals surface area contributed by atoms with Gasteiger partial charge in [-0.25, -0.2) is 22.0 Å². The molecule has 1 saturated carbocycles. The molecule has 1 fully saturated rings. The molecule has 4 rings (SSSR count). The third kappa shape index (κ3) is 5.77. The molecule has 1 aliphatic carbocycles. The molecule has 0 amide bonds. The van der Waals surface area contributed by atoms with Gasteiger partial charge in [-0.1, -0.05) is 42.5 Å². The number of phenols is 1. The summed E-state index contributed by atoms with van der Waals surface area (Å²) in [5.41, 5.74) is 0.902. The van der Waals surface area contributed by atoms with Crippen LogP contribution in [0, 0.1) is 34.9 Å². The number of aromatic hydroxyl groups is 1. The van der Waals surface area contributed by atoms with Gasteiger partial charge in [0.1, 0.15) is 0 Å². The van der Waals surface area contributed by atoms with Gasteiger partial charge in [-0.3, -0.25) is 0 Å². The fourth-order valence-corrected chi connectivity index (χ4v) is 5.39. The molecular formula is C31H30F6O. The van der Waals surface area contributed by atoms with Gasteiger partial charge in [0.05, 0.1) is 0 Å². The zero-order valence-electron chi connectivity index (χ0n) is 21.1. The van der Waals surface area contributed by atoms with Crippen molar-refractivity contribution in [2.75, 3.05) is 0 Å². The van der Waals surface area contributed by atoms with Gasteiger partial charge in [-0.15, -0.1) is 0 Å². The van der Waals surface area contributed by atoms with Crippen LogP contribution in [0.25, 0.3) is 0 Å². The van der Waals surface area contributed by atoms with E-state index in [4.69, 9.17) is 0 Å². The molecule has 0 unspecified atom stereocenters. The molecule has 7 heteroatoms. The van der Waals surface area contributed by atoms with E-state index in [1.807, 2.05) is 19.1 Å². The normalized spacial score (nSPS) is 17.9. The van der Waals surface area contributed by atoms with Gasteiger partial charge in [0.15, 0.2) is 34.8 Å². The van der Waals surface area contributed by atoms with Crippen LogP contribution in [0.5, 0.6) is 5.75 Å². The van der Waals surface area contributed by atoms with Crippen molar-refractivity contribution >= 4 is 0 Å². The van der Waals surface area contributed by atoms with Crippen LogP contribution in [-0.2, 0) is 19.3 Å². The molecule has 38 heavy (non-hydrogen) atoms. The number of rotatable bonds is 8. The Morgan fingerprint density at radius 3 is 1.50 bits per heavy atom. The lowest BCUT2D eigenvalue weighted by Gasteiger charge is -2.30. The van der Waals surface area contributed by atoms with E-state index in [9.17, 15) is 27.1 Å². The van der Waals surface area contributed by atoms with E-state index in [0.717, 1.165) is 6.07 Å². The van der Waals surface area contributed by atoms with Crippen molar-refractivity contribution in [1.82, 2.24) is 0 Å². The summed E-state index contributed by atoms with van der Waals surface area (Å²) in [6, 6.07) is 8.48. The zero-order chi connectivity index (χ0) is 27.4. The second-order valence-corrected chi connectivity index (χ2v) is 9.91. The van der Waals surface area contributed by atoms with E-state index in [1.54, 1.807) is 12.1 Å². The Labute approximate surface area is 218 Å². The first-order chi connectivity index (χ1) is 18.2. The summed E-state index contributed by atoms with van der Waals surface area (Å²) < 4.78 is 86.9.